The molecule has 4 nitrogen and oxygen atoms in total. The predicted octanol–water partition coefficient (Wildman–Crippen LogP) is 2.99. The molecule has 1 heterocycles. The molecule has 0 bridgehead atoms. The molecule has 0 N–H and O–H groups in total. The largest absolute Gasteiger partial charge is 0.462 e. The smallest absolute Gasteiger partial charge is 0.316 e. The molecule has 1 unspecified atom stereocenters. The molecule has 1 aromatic rings. The van der Waals surface area contributed by atoms with E-state index in [0.717, 1.165) is 24.5 Å². The summed E-state index contributed by atoms with van der Waals surface area (Å²) in [5.74, 6) is 0.799. The molecule has 1 aliphatic heterocycles. The fraction of sp³-hybridized carbons (Fsp3) is 0.611. The highest BCUT2D eigenvalue weighted by atomic mass is 32.2. The molecular formula is C18H27NO3S. The van der Waals surface area contributed by atoms with Gasteiger partial charge in [-0.05, 0) is 25.0 Å². The minimum atomic E-state index is -0.180. The first-order valence-electron chi connectivity index (χ1n) is 8.22. The van der Waals surface area contributed by atoms with Gasteiger partial charge >= 0.3 is 5.97 Å². The molecule has 2 rings (SSSR count). The lowest BCUT2D eigenvalue weighted by Gasteiger charge is -2.33. The number of hydrogen-bond donors (Lipinski definition) is 0. The summed E-state index contributed by atoms with van der Waals surface area (Å²) in [5.41, 5.74) is 1.22. The summed E-state index contributed by atoms with van der Waals surface area (Å²) >= 11 is 1.51. The summed E-state index contributed by atoms with van der Waals surface area (Å²) in [4.78, 5) is 15.3. The topological polar surface area (TPSA) is 38.8 Å². The third kappa shape index (κ3) is 6.94. The number of benzene rings is 1. The molecule has 1 saturated heterocycles. The van der Waals surface area contributed by atoms with Gasteiger partial charge in [-0.1, -0.05) is 31.5 Å². The van der Waals surface area contributed by atoms with Gasteiger partial charge in [0.15, 0.2) is 0 Å². The zero-order valence-electron chi connectivity index (χ0n) is 14.3. The summed E-state index contributed by atoms with van der Waals surface area (Å²) in [6.07, 6.45) is -0.00387. The molecule has 0 aromatic heterocycles. The van der Waals surface area contributed by atoms with Gasteiger partial charge in [0.25, 0.3) is 0 Å². The molecule has 0 spiro atoms. The first-order valence-corrected chi connectivity index (χ1v) is 9.20. The number of morpholine rings is 1. The van der Waals surface area contributed by atoms with E-state index in [2.05, 4.69) is 25.7 Å². The lowest BCUT2D eigenvalue weighted by molar-refractivity contribution is -0.147. The lowest BCUT2D eigenvalue weighted by atomic mass is 10.2. The Hall–Kier alpha value is -1.04. The number of hydrogen-bond acceptors (Lipinski definition) is 5. The van der Waals surface area contributed by atoms with Gasteiger partial charge in [-0.3, -0.25) is 9.69 Å². The number of rotatable bonds is 7. The molecule has 1 aliphatic rings. The van der Waals surface area contributed by atoms with Crippen LogP contribution in [0.4, 0.5) is 0 Å². The van der Waals surface area contributed by atoms with Crippen molar-refractivity contribution in [3.63, 3.8) is 0 Å². The van der Waals surface area contributed by atoms with Gasteiger partial charge in [-0.25, -0.2) is 0 Å². The van der Waals surface area contributed by atoms with Crippen molar-refractivity contribution in [3.8, 4) is 0 Å². The highest BCUT2D eigenvalue weighted by Crippen LogP contribution is 2.18. The molecule has 1 fully saturated rings. The highest BCUT2D eigenvalue weighted by Gasteiger charge is 2.22. The van der Waals surface area contributed by atoms with Crippen LogP contribution >= 0.6 is 11.8 Å². The Labute approximate surface area is 143 Å². The third-order valence-corrected chi connectivity index (χ3v) is 4.64. The fourth-order valence-corrected chi connectivity index (χ4v) is 3.26. The molecular weight excluding hydrogens is 310 g/mol. The first-order chi connectivity index (χ1) is 11.0. The van der Waals surface area contributed by atoms with Crippen molar-refractivity contribution in [2.75, 3.05) is 38.6 Å². The van der Waals surface area contributed by atoms with Gasteiger partial charge in [0.2, 0.25) is 0 Å². The van der Waals surface area contributed by atoms with Crippen molar-refractivity contribution in [1.29, 1.82) is 0 Å². The van der Waals surface area contributed by atoms with Gasteiger partial charge in [0.1, 0.15) is 12.7 Å². The Kier molecular flexibility index (Phi) is 7.40. The van der Waals surface area contributed by atoms with Gasteiger partial charge in [-0.2, -0.15) is 0 Å². The summed E-state index contributed by atoms with van der Waals surface area (Å²) < 4.78 is 11.1. The maximum absolute atomic E-state index is 11.9. The van der Waals surface area contributed by atoms with Crippen molar-refractivity contribution in [2.45, 2.75) is 31.8 Å². The average molecular weight is 337 g/mol. The van der Waals surface area contributed by atoms with Crippen LogP contribution < -0.4 is 0 Å². The normalized spacial score (nSPS) is 19.0. The number of nitrogens with zero attached hydrogens (tertiary/aromatic N) is 1. The number of esters is 1. The molecule has 0 saturated carbocycles. The Bertz CT molecular complexity index is 490. The van der Waals surface area contributed by atoms with Crippen LogP contribution in [0.15, 0.2) is 29.2 Å². The average Bonchev–Trinajstić information content (AvgIpc) is 2.52. The second kappa shape index (κ2) is 9.30. The molecule has 1 atom stereocenters. The van der Waals surface area contributed by atoms with Crippen molar-refractivity contribution >= 4 is 17.7 Å². The van der Waals surface area contributed by atoms with Crippen LogP contribution in [-0.4, -0.2) is 55.6 Å². The molecule has 0 amide bonds. The van der Waals surface area contributed by atoms with E-state index in [4.69, 9.17) is 9.47 Å². The fourth-order valence-electron chi connectivity index (χ4n) is 2.57. The van der Waals surface area contributed by atoms with E-state index in [0.29, 0.717) is 24.9 Å². The summed E-state index contributed by atoms with van der Waals surface area (Å²) in [6, 6.07) is 8.16. The predicted molar refractivity (Wildman–Crippen MR) is 93.9 cm³/mol. The minimum absolute atomic E-state index is 0.00387. The summed E-state index contributed by atoms with van der Waals surface area (Å²) in [7, 11) is 0. The van der Waals surface area contributed by atoms with Gasteiger partial charge in [0, 0.05) is 24.5 Å². The Morgan fingerprint density at radius 2 is 2.13 bits per heavy atom. The van der Waals surface area contributed by atoms with Crippen molar-refractivity contribution in [3.05, 3.63) is 29.8 Å². The van der Waals surface area contributed by atoms with Crippen molar-refractivity contribution < 1.29 is 14.3 Å². The van der Waals surface area contributed by atoms with E-state index >= 15 is 0 Å². The summed E-state index contributed by atoms with van der Waals surface area (Å²) in [5, 5.41) is 0. The van der Waals surface area contributed by atoms with E-state index in [1.807, 2.05) is 24.3 Å². The molecule has 1 aromatic carbocycles. The zero-order chi connectivity index (χ0) is 16.7. The molecule has 23 heavy (non-hydrogen) atoms. The molecule has 0 radical (unpaired) electrons. The Balaban J connectivity index is 1.66. The second-order valence-electron chi connectivity index (χ2n) is 6.43. The lowest BCUT2D eigenvalue weighted by Crippen LogP contribution is -2.45. The van der Waals surface area contributed by atoms with E-state index in [1.54, 1.807) is 0 Å². The number of carbonyl (C=O) groups excluding carboxylic acids is 1. The second-order valence-corrected chi connectivity index (χ2v) is 7.48. The van der Waals surface area contributed by atoms with Crippen molar-refractivity contribution in [2.24, 2.45) is 5.92 Å². The summed E-state index contributed by atoms with van der Waals surface area (Å²) in [6.45, 7) is 10.4. The maximum Gasteiger partial charge on any atom is 0.316 e. The van der Waals surface area contributed by atoms with Crippen LogP contribution in [0.1, 0.15) is 19.4 Å². The number of ether oxygens (including phenoxy) is 2. The SMILES string of the molecule is Cc1ccc(SCC(=O)OCC2CN(CC(C)C)CCO2)cc1. The van der Waals surface area contributed by atoms with Gasteiger partial charge in [0.05, 0.1) is 12.4 Å². The van der Waals surface area contributed by atoms with Crippen LogP contribution in [0.3, 0.4) is 0 Å². The van der Waals surface area contributed by atoms with Crippen LogP contribution in [0.5, 0.6) is 0 Å². The Morgan fingerprint density at radius 1 is 1.39 bits per heavy atom. The van der Waals surface area contributed by atoms with Gasteiger partial charge < -0.3 is 9.47 Å². The third-order valence-electron chi connectivity index (χ3n) is 3.65. The first kappa shape index (κ1) is 18.3. The van der Waals surface area contributed by atoms with Crippen LogP contribution in [-0.2, 0) is 14.3 Å². The minimum Gasteiger partial charge on any atom is -0.462 e. The van der Waals surface area contributed by atoms with Crippen molar-refractivity contribution in [1.82, 2.24) is 4.90 Å². The Morgan fingerprint density at radius 3 is 2.83 bits per heavy atom. The maximum atomic E-state index is 11.9. The standard InChI is InChI=1S/C18H27NO3S/c1-14(2)10-19-8-9-21-16(11-19)12-22-18(20)13-23-17-6-4-15(3)5-7-17/h4-7,14,16H,8-13H2,1-3H3. The van der Waals surface area contributed by atoms with Crippen LogP contribution in [0.25, 0.3) is 0 Å². The molecule has 5 heteroatoms. The van der Waals surface area contributed by atoms with E-state index in [9.17, 15) is 4.79 Å². The van der Waals surface area contributed by atoms with E-state index in [1.165, 1.54) is 17.3 Å². The quantitative estimate of drug-likeness (QED) is 0.565. The molecule has 0 aliphatic carbocycles. The van der Waals surface area contributed by atoms with E-state index in [-0.39, 0.29) is 12.1 Å². The van der Waals surface area contributed by atoms with Crippen LogP contribution in [0, 0.1) is 12.8 Å². The van der Waals surface area contributed by atoms with Gasteiger partial charge in [-0.15, -0.1) is 11.8 Å². The molecule has 128 valence electrons. The number of carbonyl (C=O) groups is 1. The monoisotopic (exact) mass is 337 g/mol. The number of aryl methyl sites for hydroxylation is 1. The number of thioether (sulfide) groups is 1. The zero-order valence-corrected chi connectivity index (χ0v) is 15.1. The van der Waals surface area contributed by atoms with Crippen LogP contribution in [0.2, 0.25) is 0 Å². The van der Waals surface area contributed by atoms with E-state index < -0.39 is 0 Å². The highest BCUT2D eigenvalue weighted by molar-refractivity contribution is 8.00.